The first-order valence-corrected chi connectivity index (χ1v) is 8.26. The van der Waals surface area contributed by atoms with E-state index in [1.165, 1.54) is 19.2 Å². The fourth-order valence-corrected chi connectivity index (χ4v) is 3.13. The lowest BCUT2D eigenvalue weighted by molar-refractivity contribution is 0.259. The van der Waals surface area contributed by atoms with Crippen LogP contribution in [0.2, 0.25) is 0 Å². The van der Waals surface area contributed by atoms with E-state index in [2.05, 4.69) is 4.72 Å². The van der Waals surface area contributed by atoms with Gasteiger partial charge >= 0.3 is 0 Å². The monoisotopic (exact) mass is 324 g/mol. The van der Waals surface area contributed by atoms with Crippen LogP contribution in [0.1, 0.15) is 11.8 Å². The quantitative estimate of drug-likeness (QED) is 0.842. The molecule has 120 valence electrons. The highest BCUT2D eigenvalue weighted by Crippen LogP contribution is 2.20. The van der Waals surface area contributed by atoms with E-state index in [4.69, 9.17) is 9.15 Å². The Morgan fingerprint density at radius 3 is 2.64 bits per heavy atom. The zero-order valence-corrected chi connectivity index (χ0v) is 13.6. The first-order chi connectivity index (χ1) is 10.4. The van der Waals surface area contributed by atoms with Crippen molar-refractivity contribution in [3.05, 3.63) is 48.4 Å². The SMILES string of the molecule is COc1cccc(S(=O)(=O)NC[C@H](c2ccco2)N(C)C)c1. The number of hydrogen-bond acceptors (Lipinski definition) is 5. The van der Waals surface area contributed by atoms with Crippen LogP contribution in [0, 0.1) is 0 Å². The van der Waals surface area contributed by atoms with Gasteiger partial charge in [0.25, 0.3) is 0 Å². The maximum atomic E-state index is 12.4. The summed E-state index contributed by atoms with van der Waals surface area (Å²) < 4.78 is 37.8. The molecular formula is C15H20N2O4S. The van der Waals surface area contributed by atoms with Crippen LogP contribution < -0.4 is 9.46 Å². The Hall–Kier alpha value is -1.83. The van der Waals surface area contributed by atoms with Crippen LogP contribution in [-0.2, 0) is 10.0 Å². The average molecular weight is 324 g/mol. The summed E-state index contributed by atoms with van der Waals surface area (Å²) in [5.74, 6) is 1.21. The van der Waals surface area contributed by atoms with Crippen LogP contribution in [0.3, 0.4) is 0 Å². The van der Waals surface area contributed by atoms with E-state index in [0.717, 1.165) is 0 Å². The Balaban J connectivity index is 2.14. The summed E-state index contributed by atoms with van der Waals surface area (Å²) in [5.41, 5.74) is 0. The molecule has 7 heteroatoms. The largest absolute Gasteiger partial charge is 0.497 e. The zero-order valence-electron chi connectivity index (χ0n) is 12.8. The maximum Gasteiger partial charge on any atom is 0.240 e. The van der Waals surface area contributed by atoms with Crippen LogP contribution in [0.15, 0.2) is 52.0 Å². The van der Waals surface area contributed by atoms with Crippen molar-refractivity contribution in [3.63, 3.8) is 0 Å². The predicted octanol–water partition coefficient (Wildman–Crippen LogP) is 1.87. The summed E-state index contributed by atoms with van der Waals surface area (Å²) in [6, 6.07) is 9.78. The minimum atomic E-state index is -3.61. The smallest absolute Gasteiger partial charge is 0.240 e. The first-order valence-electron chi connectivity index (χ1n) is 6.77. The van der Waals surface area contributed by atoms with Gasteiger partial charge in [-0.15, -0.1) is 0 Å². The van der Waals surface area contributed by atoms with Gasteiger partial charge in [0, 0.05) is 12.6 Å². The van der Waals surface area contributed by atoms with Crippen molar-refractivity contribution in [2.24, 2.45) is 0 Å². The molecule has 0 aliphatic carbocycles. The molecule has 0 fully saturated rings. The van der Waals surface area contributed by atoms with Crippen molar-refractivity contribution in [1.82, 2.24) is 9.62 Å². The number of rotatable bonds is 7. The molecule has 0 aliphatic heterocycles. The lowest BCUT2D eigenvalue weighted by atomic mass is 10.2. The van der Waals surface area contributed by atoms with Crippen LogP contribution in [0.25, 0.3) is 0 Å². The second kappa shape index (κ2) is 6.95. The molecule has 1 aromatic carbocycles. The van der Waals surface area contributed by atoms with Crippen molar-refractivity contribution in [1.29, 1.82) is 0 Å². The van der Waals surface area contributed by atoms with E-state index < -0.39 is 10.0 Å². The number of furan rings is 1. The summed E-state index contributed by atoms with van der Waals surface area (Å²) in [5, 5.41) is 0. The molecular weight excluding hydrogens is 304 g/mol. The molecule has 0 saturated heterocycles. The number of hydrogen-bond donors (Lipinski definition) is 1. The number of nitrogens with zero attached hydrogens (tertiary/aromatic N) is 1. The van der Waals surface area contributed by atoms with Crippen molar-refractivity contribution in [2.75, 3.05) is 27.7 Å². The Labute approximate surface area is 130 Å². The molecule has 1 N–H and O–H groups in total. The number of benzene rings is 1. The van der Waals surface area contributed by atoms with Gasteiger partial charge in [-0.3, -0.25) is 4.90 Å². The van der Waals surface area contributed by atoms with E-state index in [9.17, 15) is 8.42 Å². The van der Waals surface area contributed by atoms with Gasteiger partial charge in [0.2, 0.25) is 10.0 Å². The summed E-state index contributed by atoms with van der Waals surface area (Å²) in [4.78, 5) is 2.07. The third-order valence-corrected chi connectivity index (χ3v) is 4.73. The van der Waals surface area contributed by atoms with Crippen molar-refractivity contribution < 1.29 is 17.6 Å². The number of sulfonamides is 1. The van der Waals surface area contributed by atoms with E-state index in [0.29, 0.717) is 11.5 Å². The lowest BCUT2D eigenvalue weighted by Crippen LogP contribution is -2.34. The van der Waals surface area contributed by atoms with E-state index in [1.54, 1.807) is 24.5 Å². The van der Waals surface area contributed by atoms with Crippen molar-refractivity contribution in [3.8, 4) is 5.75 Å². The minimum Gasteiger partial charge on any atom is -0.497 e. The van der Waals surface area contributed by atoms with Crippen molar-refractivity contribution >= 4 is 10.0 Å². The van der Waals surface area contributed by atoms with Gasteiger partial charge in [0.15, 0.2) is 0 Å². The number of methoxy groups -OCH3 is 1. The van der Waals surface area contributed by atoms with Gasteiger partial charge in [0.05, 0.1) is 24.3 Å². The first kappa shape index (κ1) is 16.5. The van der Waals surface area contributed by atoms with Gasteiger partial charge in [-0.1, -0.05) is 6.07 Å². The average Bonchev–Trinajstić information content (AvgIpc) is 3.01. The maximum absolute atomic E-state index is 12.4. The predicted molar refractivity (Wildman–Crippen MR) is 83.3 cm³/mol. The third kappa shape index (κ3) is 3.88. The molecule has 0 amide bonds. The molecule has 1 aromatic heterocycles. The molecule has 0 bridgehead atoms. The van der Waals surface area contributed by atoms with Gasteiger partial charge in [-0.05, 0) is 38.4 Å². The topological polar surface area (TPSA) is 71.8 Å². The molecule has 1 heterocycles. The highest BCUT2D eigenvalue weighted by atomic mass is 32.2. The minimum absolute atomic E-state index is 0.170. The second-order valence-corrected chi connectivity index (χ2v) is 6.79. The van der Waals surface area contributed by atoms with Gasteiger partial charge in [-0.25, -0.2) is 13.1 Å². The summed E-state index contributed by atoms with van der Waals surface area (Å²) >= 11 is 0. The summed E-state index contributed by atoms with van der Waals surface area (Å²) in [6.07, 6.45) is 1.57. The molecule has 0 saturated carbocycles. The van der Waals surface area contributed by atoms with Crippen molar-refractivity contribution in [2.45, 2.75) is 10.9 Å². The normalized spacial score (nSPS) is 13.3. The summed E-state index contributed by atoms with van der Waals surface area (Å²) in [6.45, 7) is 0.208. The van der Waals surface area contributed by atoms with E-state index in [-0.39, 0.29) is 17.5 Å². The molecule has 1 atom stereocenters. The Bertz CT molecular complexity index is 696. The number of ether oxygens (including phenoxy) is 1. The molecule has 2 rings (SSSR count). The molecule has 2 aromatic rings. The van der Waals surface area contributed by atoms with E-state index in [1.807, 2.05) is 25.1 Å². The zero-order chi connectivity index (χ0) is 16.2. The Morgan fingerprint density at radius 1 is 1.27 bits per heavy atom. The Morgan fingerprint density at radius 2 is 2.05 bits per heavy atom. The fourth-order valence-electron chi connectivity index (χ4n) is 2.06. The van der Waals surface area contributed by atoms with E-state index >= 15 is 0 Å². The van der Waals surface area contributed by atoms with Crippen LogP contribution in [0.4, 0.5) is 0 Å². The fraction of sp³-hybridized carbons (Fsp3) is 0.333. The molecule has 6 nitrogen and oxygen atoms in total. The van der Waals surface area contributed by atoms with Crippen LogP contribution in [-0.4, -0.2) is 41.1 Å². The number of nitrogens with one attached hydrogen (secondary N) is 1. The van der Waals surface area contributed by atoms with Gasteiger partial charge < -0.3 is 9.15 Å². The second-order valence-electron chi connectivity index (χ2n) is 5.03. The molecule has 0 aliphatic rings. The number of likely N-dealkylation sites (N-methyl/N-ethyl adjacent to an activating group) is 1. The van der Waals surface area contributed by atoms with Gasteiger partial charge in [-0.2, -0.15) is 0 Å². The molecule has 0 radical (unpaired) electrons. The van der Waals surface area contributed by atoms with Crippen LogP contribution in [0.5, 0.6) is 5.75 Å². The third-order valence-electron chi connectivity index (χ3n) is 3.31. The molecule has 0 spiro atoms. The van der Waals surface area contributed by atoms with Gasteiger partial charge in [0.1, 0.15) is 11.5 Å². The standard InChI is InChI=1S/C15H20N2O4S/c1-17(2)14(15-8-5-9-21-15)11-16-22(18,19)13-7-4-6-12(10-13)20-3/h4-10,14,16H,11H2,1-3H3/t14-/m1/s1. The Kier molecular flexibility index (Phi) is 5.23. The summed E-state index contributed by atoms with van der Waals surface area (Å²) in [7, 11) is 1.62. The molecule has 0 unspecified atom stereocenters. The van der Waals surface area contributed by atoms with Crippen LogP contribution >= 0.6 is 0 Å². The highest BCUT2D eigenvalue weighted by molar-refractivity contribution is 7.89. The lowest BCUT2D eigenvalue weighted by Gasteiger charge is -2.22. The highest BCUT2D eigenvalue weighted by Gasteiger charge is 2.21. The molecule has 22 heavy (non-hydrogen) atoms.